The zero-order valence-corrected chi connectivity index (χ0v) is 38.2. The summed E-state index contributed by atoms with van der Waals surface area (Å²) < 4.78 is 0. The lowest BCUT2D eigenvalue weighted by molar-refractivity contribution is 0.356. The van der Waals surface area contributed by atoms with Crippen LogP contribution in [0.3, 0.4) is 0 Å². The van der Waals surface area contributed by atoms with Crippen LogP contribution in [0.5, 0.6) is 0 Å². The van der Waals surface area contributed by atoms with Gasteiger partial charge in [0.1, 0.15) is 0 Å². The fourth-order valence-corrected chi connectivity index (χ4v) is 13.1. The zero-order chi connectivity index (χ0) is 37.0. The van der Waals surface area contributed by atoms with Gasteiger partial charge in [0.05, 0.1) is 0 Å². The van der Waals surface area contributed by atoms with Gasteiger partial charge in [0.25, 0.3) is 14.1 Å². The summed E-state index contributed by atoms with van der Waals surface area (Å²) in [6.45, 7) is 29.4. The summed E-state index contributed by atoms with van der Waals surface area (Å²) in [5, 5.41) is 4.89. The van der Waals surface area contributed by atoms with Crippen LogP contribution >= 0.6 is 0 Å². The van der Waals surface area contributed by atoms with E-state index in [1.165, 1.54) is 173 Å². The largest absolute Gasteiger partial charge is 0.262 e. The van der Waals surface area contributed by atoms with Crippen molar-refractivity contribution in [3.63, 3.8) is 0 Å². The van der Waals surface area contributed by atoms with Crippen molar-refractivity contribution >= 4 is 14.1 Å². The molecule has 0 nitrogen and oxygen atoms in total. The third-order valence-electron chi connectivity index (χ3n) is 11.6. The van der Waals surface area contributed by atoms with E-state index in [0.717, 1.165) is 17.8 Å². The van der Waals surface area contributed by atoms with Crippen LogP contribution in [0, 0.1) is 34.0 Å². The van der Waals surface area contributed by atoms with Gasteiger partial charge in [-0.15, -0.1) is 0 Å². The predicted molar refractivity (Wildman–Crippen MR) is 231 cm³/mol. The minimum absolute atomic E-state index is 0.518. The van der Waals surface area contributed by atoms with Gasteiger partial charge >= 0.3 is 0 Å². The van der Waals surface area contributed by atoms with E-state index in [4.69, 9.17) is 0 Å². The fraction of sp³-hybridized carbons (Fsp3) is 1.00. The molecular formula is C48H99Al. The Morgan fingerprint density at radius 2 is 0.469 bits per heavy atom. The molecule has 0 aliphatic rings. The fourth-order valence-electron chi connectivity index (χ4n) is 8.45. The van der Waals surface area contributed by atoms with Gasteiger partial charge < -0.3 is 0 Å². The van der Waals surface area contributed by atoms with Crippen molar-refractivity contribution in [1.82, 2.24) is 0 Å². The number of hydrogen-bond acceptors (Lipinski definition) is 0. The molecule has 0 aliphatic carbocycles. The summed E-state index contributed by atoms with van der Waals surface area (Å²) in [4.78, 5) is 0. The Balaban J connectivity index is 4.44. The Morgan fingerprint density at radius 3 is 0.673 bits per heavy atom. The van der Waals surface area contributed by atoms with Crippen LogP contribution in [0.1, 0.15) is 256 Å². The van der Waals surface area contributed by atoms with Crippen LogP contribution < -0.4 is 0 Å². The maximum Gasteiger partial charge on any atom is 0.262 e. The minimum atomic E-state index is -0.684. The van der Waals surface area contributed by atoms with Crippen molar-refractivity contribution in [3.8, 4) is 0 Å². The van der Waals surface area contributed by atoms with Gasteiger partial charge in [-0.3, -0.25) is 0 Å². The maximum atomic E-state index is 2.63. The van der Waals surface area contributed by atoms with E-state index in [0.29, 0.717) is 16.2 Å². The van der Waals surface area contributed by atoms with E-state index < -0.39 is 14.1 Å². The van der Waals surface area contributed by atoms with Crippen molar-refractivity contribution in [3.05, 3.63) is 0 Å². The number of unbranched alkanes of at least 4 members (excludes halogenated alkanes) is 18. The Hall–Kier alpha value is 0.532. The highest BCUT2D eigenvalue weighted by Gasteiger charge is 2.24. The van der Waals surface area contributed by atoms with E-state index in [9.17, 15) is 0 Å². The highest BCUT2D eigenvalue weighted by Crippen LogP contribution is 2.30. The second kappa shape index (κ2) is 29.9. The average molecular weight is 703 g/mol. The molecule has 0 amide bonds. The molecule has 0 aliphatic heterocycles. The lowest BCUT2D eigenvalue weighted by Crippen LogP contribution is -2.22. The van der Waals surface area contributed by atoms with Crippen LogP contribution in [0.25, 0.3) is 0 Å². The zero-order valence-electron chi connectivity index (χ0n) is 37.0. The quantitative estimate of drug-likeness (QED) is 0.0472. The monoisotopic (exact) mass is 703 g/mol. The lowest BCUT2D eigenvalue weighted by Gasteiger charge is -2.23. The second-order valence-electron chi connectivity index (χ2n) is 21.6. The van der Waals surface area contributed by atoms with Crippen LogP contribution in [-0.2, 0) is 0 Å². The molecule has 0 N–H and O–H groups in total. The SMILES string of the molecule is CC(CCCCCCCCCC(C)(C)C)[CH2][Al]([CH2]C(C)CCCCCCCCCC(C)(C)C)[CH2]C(C)CCCCCCCCCC(C)(C)C. The Bertz CT molecular complexity index is 592. The van der Waals surface area contributed by atoms with Crippen molar-refractivity contribution in [2.24, 2.45) is 34.0 Å². The highest BCUT2D eigenvalue weighted by molar-refractivity contribution is 6.59. The van der Waals surface area contributed by atoms with E-state index in [2.05, 4.69) is 83.1 Å². The maximum absolute atomic E-state index is 2.63. The molecule has 1 heteroatoms. The van der Waals surface area contributed by atoms with Crippen molar-refractivity contribution in [2.75, 3.05) is 0 Å². The first-order valence-electron chi connectivity index (χ1n) is 23.0. The molecule has 0 bridgehead atoms. The normalized spacial score (nSPS) is 14.7. The number of hydrogen-bond donors (Lipinski definition) is 0. The first-order valence-corrected chi connectivity index (χ1v) is 25.4. The van der Waals surface area contributed by atoms with Gasteiger partial charge in [-0.2, -0.15) is 0 Å². The van der Waals surface area contributed by atoms with Crippen LogP contribution in [0.4, 0.5) is 0 Å². The third-order valence-corrected chi connectivity index (χ3v) is 16.0. The first-order chi connectivity index (χ1) is 23.0. The van der Waals surface area contributed by atoms with E-state index in [1.54, 1.807) is 15.8 Å². The van der Waals surface area contributed by atoms with E-state index >= 15 is 0 Å². The van der Waals surface area contributed by atoms with Gasteiger partial charge in [0, 0.05) is 0 Å². The summed E-state index contributed by atoms with van der Waals surface area (Å²) in [7, 11) is 0. The summed E-state index contributed by atoms with van der Waals surface area (Å²) in [5.74, 6) is 2.92. The van der Waals surface area contributed by atoms with Crippen LogP contribution in [-0.4, -0.2) is 14.1 Å². The summed E-state index contributed by atoms with van der Waals surface area (Å²) in [6.07, 6.45) is 39.5. The molecule has 0 aromatic rings. The standard InChI is InChI=1S/3C16H33.Al/c3*1-15(2)13-11-9-7-6-8-10-12-14-16(3,4)5;/h3*15H,1,6-14H2,2-5H3;. The Morgan fingerprint density at radius 1 is 0.286 bits per heavy atom. The molecule has 0 heterocycles. The van der Waals surface area contributed by atoms with Crippen molar-refractivity contribution < 1.29 is 0 Å². The van der Waals surface area contributed by atoms with Gasteiger partial charge in [0.15, 0.2) is 0 Å². The highest BCUT2D eigenvalue weighted by atomic mass is 27.2. The average Bonchev–Trinajstić information content (AvgIpc) is 2.96. The summed E-state index contributed by atoms with van der Waals surface area (Å²) >= 11 is -0.684. The van der Waals surface area contributed by atoms with Crippen molar-refractivity contribution in [2.45, 2.75) is 272 Å². The molecule has 0 aromatic heterocycles. The molecule has 0 rings (SSSR count). The molecule has 294 valence electrons. The van der Waals surface area contributed by atoms with E-state index in [1.807, 2.05) is 0 Å². The molecule has 49 heavy (non-hydrogen) atoms. The Labute approximate surface area is 319 Å². The van der Waals surface area contributed by atoms with Crippen LogP contribution in [0.15, 0.2) is 0 Å². The van der Waals surface area contributed by atoms with Crippen molar-refractivity contribution in [1.29, 1.82) is 0 Å². The second-order valence-corrected chi connectivity index (χ2v) is 24.8. The number of rotatable bonds is 33. The topological polar surface area (TPSA) is 0 Å². The van der Waals surface area contributed by atoms with Gasteiger partial charge in [-0.05, 0) is 35.5 Å². The molecule has 0 fully saturated rings. The summed E-state index contributed by atoms with van der Waals surface area (Å²) in [5.41, 5.74) is 1.55. The molecule has 0 saturated heterocycles. The molecule has 0 radical (unpaired) electrons. The van der Waals surface area contributed by atoms with Gasteiger partial charge in [-0.1, -0.05) is 271 Å². The molecule has 3 atom stereocenters. The third kappa shape index (κ3) is 39.6. The van der Waals surface area contributed by atoms with Crippen LogP contribution in [0.2, 0.25) is 15.8 Å². The van der Waals surface area contributed by atoms with Gasteiger partial charge in [-0.25, -0.2) is 0 Å². The molecule has 3 unspecified atom stereocenters. The van der Waals surface area contributed by atoms with Gasteiger partial charge in [0.2, 0.25) is 0 Å². The molecule has 0 spiro atoms. The minimum Gasteiger partial charge on any atom is -0.0913 e. The first kappa shape index (κ1) is 49.5. The predicted octanol–water partition coefficient (Wildman–Crippen LogP) is 18.1. The lowest BCUT2D eigenvalue weighted by atomic mass is 9.89. The Kier molecular flexibility index (Phi) is 30.3. The summed E-state index contributed by atoms with van der Waals surface area (Å²) in [6, 6.07) is 0. The smallest absolute Gasteiger partial charge is 0.0913 e. The molecule has 0 aromatic carbocycles. The molecule has 0 saturated carbocycles. The molecular weight excluding hydrogens is 604 g/mol. The van der Waals surface area contributed by atoms with E-state index in [-0.39, 0.29) is 0 Å².